The van der Waals surface area contributed by atoms with Crippen LogP contribution in [-0.4, -0.2) is 22.7 Å². The third-order valence-corrected chi connectivity index (χ3v) is 3.00. The highest BCUT2D eigenvalue weighted by molar-refractivity contribution is 5.87. The molecule has 0 radical (unpaired) electrons. The molecule has 4 N–H and O–H groups in total. The number of aryl methyl sites for hydroxylation is 1. The zero-order valence-electron chi connectivity index (χ0n) is 11.3. The van der Waals surface area contributed by atoms with Gasteiger partial charge in [0.2, 0.25) is 0 Å². The second-order valence-corrected chi connectivity index (χ2v) is 4.55. The van der Waals surface area contributed by atoms with E-state index < -0.39 is 0 Å². The lowest BCUT2D eigenvalue weighted by Crippen LogP contribution is -2.31. The molecule has 6 heteroatoms. The van der Waals surface area contributed by atoms with Gasteiger partial charge in [0.1, 0.15) is 5.84 Å². The van der Waals surface area contributed by atoms with E-state index >= 15 is 0 Å². The highest BCUT2D eigenvalue weighted by Gasteiger charge is 2.16. The topological polar surface area (TPSA) is 96.7 Å². The van der Waals surface area contributed by atoms with Crippen LogP contribution >= 0.6 is 0 Å². The van der Waals surface area contributed by atoms with Crippen LogP contribution in [0.1, 0.15) is 22.9 Å². The van der Waals surface area contributed by atoms with E-state index in [4.69, 9.17) is 15.5 Å². The summed E-state index contributed by atoms with van der Waals surface area (Å²) < 4.78 is 5.12. The van der Waals surface area contributed by atoms with Gasteiger partial charge in [-0.05, 0) is 12.5 Å². The summed E-state index contributed by atoms with van der Waals surface area (Å²) in [6, 6.07) is 11.5. The number of rotatable bonds is 6. The van der Waals surface area contributed by atoms with Gasteiger partial charge >= 0.3 is 0 Å². The van der Waals surface area contributed by atoms with Crippen LogP contribution < -0.4 is 11.1 Å². The molecule has 0 amide bonds. The van der Waals surface area contributed by atoms with Gasteiger partial charge in [0, 0.05) is 12.6 Å². The maximum Gasteiger partial charge on any atom is 0.150 e. The van der Waals surface area contributed by atoms with Crippen molar-refractivity contribution in [3.05, 3.63) is 53.4 Å². The van der Waals surface area contributed by atoms with Gasteiger partial charge in [-0.25, -0.2) is 0 Å². The summed E-state index contributed by atoms with van der Waals surface area (Å²) in [6.45, 7) is 2.96. The van der Waals surface area contributed by atoms with Gasteiger partial charge in [-0.15, -0.1) is 0 Å². The molecule has 2 rings (SSSR count). The first kappa shape index (κ1) is 14.1. The first-order chi connectivity index (χ1) is 9.70. The number of amidine groups is 1. The third-order valence-electron chi connectivity index (χ3n) is 3.00. The molecule has 106 valence electrons. The lowest BCUT2D eigenvalue weighted by molar-refractivity contribution is 0.315. The van der Waals surface area contributed by atoms with Crippen molar-refractivity contribution in [1.29, 1.82) is 0 Å². The van der Waals surface area contributed by atoms with Crippen molar-refractivity contribution in [2.24, 2.45) is 10.9 Å². The largest absolute Gasteiger partial charge is 0.409 e. The summed E-state index contributed by atoms with van der Waals surface area (Å²) >= 11 is 0. The average Bonchev–Trinajstić information content (AvgIpc) is 2.89. The molecule has 0 saturated carbocycles. The van der Waals surface area contributed by atoms with Gasteiger partial charge in [-0.3, -0.25) is 0 Å². The summed E-state index contributed by atoms with van der Waals surface area (Å²) in [5.41, 5.74) is 7.59. The minimum Gasteiger partial charge on any atom is -0.409 e. The number of aromatic nitrogens is 1. The second-order valence-electron chi connectivity index (χ2n) is 4.55. The standard InChI is InChI=1S/C14H18N4O2/c1-10-7-12(20-18-10)8-16-9-13(14(15)17-19)11-5-3-2-4-6-11/h2-7,13,16,19H,8-9H2,1H3,(H2,15,17). The summed E-state index contributed by atoms with van der Waals surface area (Å²) in [6.07, 6.45) is 0. The molecule has 6 nitrogen and oxygen atoms in total. The fourth-order valence-electron chi connectivity index (χ4n) is 1.99. The Morgan fingerprint density at radius 3 is 2.80 bits per heavy atom. The molecular weight excluding hydrogens is 256 g/mol. The number of oxime groups is 1. The van der Waals surface area contributed by atoms with Gasteiger partial charge < -0.3 is 20.8 Å². The molecule has 0 aliphatic carbocycles. The Kier molecular flexibility index (Phi) is 4.73. The van der Waals surface area contributed by atoms with Crippen LogP contribution in [0.15, 0.2) is 46.1 Å². The van der Waals surface area contributed by atoms with Crippen LogP contribution in [-0.2, 0) is 6.54 Å². The minimum atomic E-state index is -0.190. The molecule has 0 aliphatic rings. The minimum absolute atomic E-state index is 0.178. The van der Waals surface area contributed by atoms with E-state index in [9.17, 15) is 0 Å². The predicted molar refractivity (Wildman–Crippen MR) is 75.5 cm³/mol. The molecule has 0 aliphatic heterocycles. The quantitative estimate of drug-likeness (QED) is 0.322. The van der Waals surface area contributed by atoms with E-state index in [0.29, 0.717) is 13.1 Å². The van der Waals surface area contributed by atoms with Gasteiger partial charge in [-0.2, -0.15) is 0 Å². The molecular formula is C14H18N4O2. The number of hydrogen-bond acceptors (Lipinski definition) is 5. The van der Waals surface area contributed by atoms with E-state index in [2.05, 4.69) is 15.6 Å². The van der Waals surface area contributed by atoms with Crippen molar-refractivity contribution in [3.63, 3.8) is 0 Å². The Bertz CT molecular complexity index is 566. The van der Waals surface area contributed by atoms with Gasteiger partial charge in [0.15, 0.2) is 5.76 Å². The van der Waals surface area contributed by atoms with Crippen LogP contribution in [0.5, 0.6) is 0 Å². The molecule has 0 fully saturated rings. The second kappa shape index (κ2) is 6.72. The van der Waals surface area contributed by atoms with Crippen LogP contribution in [0.2, 0.25) is 0 Å². The molecule has 2 aromatic rings. The smallest absolute Gasteiger partial charge is 0.150 e. The zero-order valence-corrected chi connectivity index (χ0v) is 11.3. The number of nitrogens with two attached hydrogens (primary N) is 1. The van der Waals surface area contributed by atoms with E-state index in [-0.39, 0.29) is 11.8 Å². The number of nitrogens with one attached hydrogen (secondary N) is 1. The van der Waals surface area contributed by atoms with Crippen molar-refractivity contribution < 1.29 is 9.73 Å². The lowest BCUT2D eigenvalue weighted by Gasteiger charge is -2.16. The van der Waals surface area contributed by atoms with Crippen molar-refractivity contribution >= 4 is 5.84 Å². The summed E-state index contributed by atoms with van der Waals surface area (Å²) in [7, 11) is 0. The Hall–Kier alpha value is -2.34. The Morgan fingerprint density at radius 2 is 2.20 bits per heavy atom. The van der Waals surface area contributed by atoms with Crippen LogP contribution in [0.25, 0.3) is 0 Å². The summed E-state index contributed by atoms with van der Waals surface area (Å²) in [5, 5.41) is 19.1. The van der Waals surface area contributed by atoms with Crippen molar-refractivity contribution in [1.82, 2.24) is 10.5 Å². The first-order valence-corrected chi connectivity index (χ1v) is 6.36. The summed E-state index contributed by atoms with van der Waals surface area (Å²) in [5.74, 6) is 0.747. The maximum atomic E-state index is 8.89. The lowest BCUT2D eigenvalue weighted by atomic mass is 9.98. The fourth-order valence-corrected chi connectivity index (χ4v) is 1.99. The Balaban J connectivity index is 1.98. The van der Waals surface area contributed by atoms with Crippen molar-refractivity contribution in [3.8, 4) is 0 Å². The Morgan fingerprint density at radius 1 is 1.45 bits per heavy atom. The summed E-state index contributed by atoms with van der Waals surface area (Å²) in [4.78, 5) is 0. The van der Waals surface area contributed by atoms with E-state index in [1.807, 2.05) is 43.3 Å². The van der Waals surface area contributed by atoms with Crippen LogP contribution in [0, 0.1) is 6.92 Å². The average molecular weight is 274 g/mol. The third kappa shape index (κ3) is 3.58. The van der Waals surface area contributed by atoms with Gasteiger partial charge in [-0.1, -0.05) is 40.6 Å². The zero-order chi connectivity index (χ0) is 14.4. The fraction of sp³-hybridized carbons (Fsp3) is 0.286. The Labute approximate surface area is 117 Å². The van der Waals surface area contributed by atoms with Gasteiger partial charge in [0.05, 0.1) is 18.2 Å². The molecule has 1 aromatic heterocycles. The van der Waals surface area contributed by atoms with Crippen molar-refractivity contribution in [2.75, 3.05) is 6.54 Å². The van der Waals surface area contributed by atoms with Crippen molar-refractivity contribution in [2.45, 2.75) is 19.4 Å². The molecule has 20 heavy (non-hydrogen) atoms. The molecule has 1 unspecified atom stereocenters. The highest BCUT2D eigenvalue weighted by Crippen LogP contribution is 2.15. The van der Waals surface area contributed by atoms with Gasteiger partial charge in [0.25, 0.3) is 0 Å². The monoisotopic (exact) mass is 274 g/mol. The molecule has 0 saturated heterocycles. The highest BCUT2D eigenvalue weighted by atomic mass is 16.5. The molecule has 1 aromatic carbocycles. The number of nitrogens with zero attached hydrogens (tertiary/aromatic N) is 2. The van der Waals surface area contributed by atoms with E-state index in [1.54, 1.807) is 0 Å². The number of benzene rings is 1. The van der Waals surface area contributed by atoms with Crippen LogP contribution in [0.3, 0.4) is 0 Å². The number of hydrogen-bond donors (Lipinski definition) is 3. The molecule has 1 heterocycles. The molecule has 0 spiro atoms. The van der Waals surface area contributed by atoms with Crippen LogP contribution in [0.4, 0.5) is 0 Å². The SMILES string of the molecule is Cc1cc(CNCC(C(N)=NO)c2ccccc2)on1. The van der Waals surface area contributed by atoms with E-state index in [1.165, 1.54) is 0 Å². The maximum absolute atomic E-state index is 8.89. The molecule has 1 atom stereocenters. The van der Waals surface area contributed by atoms with E-state index in [0.717, 1.165) is 17.0 Å². The predicted octanol–water partition coefficient (Wildman–Crippen LogP) is 1.60. The normalized spacial score (nSPS) is 13.3. The molecule has 0 bridgehead atoms. The first-order valence-electron chi connectivity index (χ1n) is 6.36.